The quantitative estimate of drug-likeness (QED) is 0.896. The van der Waals surface area contributed by atoms with E-state index in [9.17, 15) is 8.78 Å². The fourth-order valence-corrected chi connectivity index (χ4v) is 4.07. The van der Waals surface area contributed by atoms with Gasteiger partial charge in [0.1, 0.15) is 11.6 Å². The van der Waals surface area contributed by atoms with Gasteiger partial charge in [-0.1, -0.05) is 6.92 Å². The van der Waals surface area contributed by atoms with Crippen molar-refractivity contribution in [2.45, 2.75) is 42.4 Å². The predicted octanol–water partition coefficient (Wildman–Crippen LogP) is 3.83. The lowest BCUT2D eigenvalue weighted by atomic mass is 9.87. The summed E-state index contributed by atoms with van der Waals surface area (Å²) in [4.78, 5) is 0.425. The SMILES string of the molecule is CNC1CCC(C)CC1Sc1cc(F)ccc1F. The van der Waals surface area contributed by atoms with Crippen LogP contribution in [-0.2, 0) is 0 Å². The van der Waals surface area contributed by atoms with Gasteiger partial charge < -0.3 is 5.32 Å². The smallest absolute Gasteiger partial charge is 0.136 e. The number of hydrogen-bond acceptors (Lipinski definition) is 2. The lowest BCUT2D eigenvalue weighted by Gasteiger charge is -2.34. The minimum Gasteiger partial charge on any atom is -0.316 e. The summed E-state index contributed by atoms with van der Waals surface area (Å²) in [6, 6.07) is 4.05. The van der Waals surface area contributed by atoms with Crippen LogP contribution in [0, 0.1) is 17.6 Å². The van der Waals surface area contributed by atoms with E-state index in [0.717, 1.165) is 12.8 Å². The van der Waals surface area contributed by atoms with E-state index in [-0.39, 0.29) is 11.6 Å². The third-order valence-corrected chi connectivity index (χ3v) is 4.99. The van der Waals surface area contributed by atoms with Gasteiger partial charge in [-0.25, -0.2) is 8.78 Å². The minimum absolute atomic E-state index is 0.315. The molecule has 1 aromatic carbocycles. The highest BCUT2D eigenvalue weighted by molar-refractivity contribution is 8.00. The maximum absolute atomic E-state index is 13.6. The first-order valence-corrected chi connectivity index (χ1v) is 7.27. The van der Waals surface area contributed by atoms with Gasteiger partial charge in [-0.3, -0.25) is 0 Å². The average molecular weight is 271 g/mol. The summed E-state index contributed by atoms with van der Waals surface area (Å²) in [5.74, 6) is -0.0398. The monoisotopic (exact) mass is 271 g/mol. The van der Waals surface area contributed by atoms with Gasteiger partial charge in [0, 0.05) is 16.2 Å². The molecule has 3 unspecified atom stereocenters. The van der Waals surface area contributed by atoms with E-state index >= 15 is 0 Å². The highest BCUT2D eigenvalue weighted by atomic mass is 32.2. The van der Waals surface area contributed by atoms with Crippen molar-refractivity contribution in [2.75, 3.05) is 7.05 Å². The lowest BCUT2D eigenvalue weighted by molar-refractivity contribution is 0.329. The van der Waals surface area contributed by atoms with E-state index in [0.29, 0.717) is 22.1 Å². The summed E-state index contributed by atoms with van der Waals surface area (Å²) in [5.41, 5.74) is 0. The average Bonchev–Trinajstić information content (AvgIpc) is 2.34. The van der Waals surface area contributed by atoms with Gasteiger partial charge in [0.05, 0.1) is 0 Å². The van der Waals surface area contributed by atoms with E-state index in [1.54, 1.807) is 0 Å². The molecule has 1 fully saturated rings. The molecule has 1 nitrogen and oxygen atoms in total. The van der Waals surface area contributed by atoms with Crippen LogP contribution in [0.3, 0.4) is 0 Å². The van der Waals surface area contributed by atoms with Crippen LogP contribution in [0.2, 0.25) is 0 Å². The van der Waals surface area contributed by atoms with Gasteiger partial charge in [-0.05, 0) is 50.4 Å². The number of nitrogens with one attached hydrogen (secondary N) is 1. The van der Waals surface area contributed by atoms with Crippen LogP contribution < -0.4 is 5.32 Å². The van der Waals surface area contributed by atoms with Crippen LogP contribution in [0.15, 0.2) is 23.1 Å². The normalized spacial score (nSPS) is 28.3. The Morgan fingerprint density at radius 3 is 2.78 bits per heavy atom. The molecule has 0 aromatic heterocycles. The molecule has 1 saturated carbocycles. The second-order valence-electron chi connectivity index (χ2n) is 5.04. The maximum Gasteiger partial charge on any atom is 0.136 e. The van der Waals surface area contributed by atoms with E-state index in [4.69, 9.17) is 0 Å². The second kappa shape index (κ2) is 6.02. The number of benzene rings is 1. The number of halogens is 2. The summed E-state index contributed by atoms with van der Waals surface area (Å²) >= 11 is 1.46. The summed E-state index contributed by atoms with van der Waals surface area (Å²) in [6.45, 7) is 2.22. The molecule has 1 N–H and O–H groups in total. The largest absolute Gasteiger partial charge is 0.316 e. The van der Waals surface area contributed by atoms with Gasteiger partial charge in [0.15, 0.2) is 0 Å². The predicted molar refractivity (Wildman–Crippen MR) is 71.9 cm³/mol. The molecular formula is C14H19F2NS. The molecule has 0 radical (unpaired) electrons. The van der Waals surface area contributed by atoms with Crippen molar-refractivity contribution in [2.24, 2.45) is 5.92 Å². The van der Waals surface area contributed by atoms with Crippen molar-refractivity contribution >= 4 is 11.8 Å². The van der Waals surface area contributed by atoms with Gasteiger partial charge in [0.25, 0.3) is 0 Å². The zero-order valence-electron chi connectivity index (χ0n) is 10.7. The molecule has 100 valence electrons. The van der Waals surface area contributed by atoms with Crippen LogP contribution in [0.4, 0.5) is 8.78 Å². The van der Waals surface area contributed by atoms with Gasteiger partial charge in [0.2, 0.25) is 0 Å². The summed E-state index contributed by atoms with van der Waals surface area (Å²) in [7, 11) is 1.94. The first kappa shape index (κ1) is 13.8. The molecule has 0 bridgehead atoms. The molecule has 2 rings (SSSR count). The molecule has 0 aliphatic heterocycles. The third-order valence-electron chi connectivity index (χ3n) is 3.60. The van der Waals surface area contributed by atoms with Crippen molar-refractivity contribution in [3.8, 4) is 0 Å². The van der Waals surface area contributed by atoms with E-state index < -0.39 is 0 Å². The van der Waals surface area contributed by atoms with Crippen LogP contribution in [0.1, 0.15) is 26.2 Å². The first-order chi connectivity index (χ1) is 8.60. The highest BCUT2D eigenvalue weighted by Crippen LogP contribution is 2.37. The Kier molecular flexibility index (Phi) is 4.62. The van der Waals surface area contributed by atoms with Crippen LogP contribution >= 0.6 is 11.8 Å². The number of rotatable bonds is 3. The minimum atomic E-state index is -0.372. The Hall–Kier alpha value is -0.610. The van der Waals surface area contributed by atoms with Crippen molar-refractivity contribution in [1.82, 2.24) is 5.32 Å². The zero-order chi connectivity index (χ0) is 13.1. The fourth-order valence-electron chi connectivity index (χ4n) is 2.52. The summed E-state index contributed by atoms with van der Waals surface area (Å²) < 4.78 is 26.8. The van der Waals surface area contributed by atoms with E-state index in [1.807, 2.05) is 7.05 Å². The molecule has 3 atom stereocenters. The van der Waals surface area contributed by atoms with Gasteiger partial charge in [-0.2, -0.15) is 0 Å². The molecule has 1 aliphatic rings. The molecule has 0 saturated heterocycles. The second-order valence-corrected chi connectivity index (χ2v) is 6.33. The van der Waals surface area contributed by atoms with Crippen molar-refractivity contribution in [1.29, 1.82) is 0 Å². The van der Waals surface area contributed by atoms with Gasteiger partial charge in [-0.15, -0.1) is 11.8 Å². The number of thioether (sulfide) groups is 1. The molecule has 0 heterocycles. The maximum atomic E-state index is 13.6. The Morgan fingerprint density at radius 1 is 1.28 bits per heavy atom. The standard InChI is InChI=1S/C14H19F2NS/c1-9-3-6-12(17-2)14(7-9)18-13-8-10(15)4-5-11(13)16/h4-5,8-9,12,14,17H,3,6-7H2,1-2H3. The summed E-state index contributed by atoms with van der Waals surface area (Å²) in [5, 5.41) is 3.61. The van der Waals surface area contributed by atoms with E-state index in [1.165, 1.54) is 36.4 Å². The molecule has 4 heteroatoms. The van der Waals surface area contributed by atoms with Crippen molar-refractivity contribution in [3.63, 3.8) is 0 Å². The van der Waals surface area contributed by atoms with Crippen LogP contribution in [0.5, 0.6) is 0 Å². The zero-order valence-corrected chi connectivity index (χ0v) is 11.6. The van der Waals surface area contributed by atoms with Crippen molar-refractivity contribution < 1.29 is 8.78 Å². The Labute approximate surface area is 111 Å². The Bertz CT molecular complexity index is 411. The number of hydrogen-bond donors (Lipinski definition) is 1. The topological polar surface area (TPSA) is 12.0 Å². The van der Waals surface area contributed by atoms with Crippen molar-refractivity contribution in [3.05, 3.63) is 29.8 Å². The lowest BCUT2D eigenvalue weighted by Crippen LogP contribution is -2.40. The fraction of sp³-hybridized carbons (Fsp3) is 0.571. The molecular weight excluding hydrogens is 252 g/mol. The highest BCUT2D eigenvalue weighted by Gasteiger charge is 2.29. The van der Waals surface area contributed by atoms with E-state index in [2.05, 4.69) is 12.2 Å². The summed E-state index contributed by atoms with van der Waals surface area (Å²) in [6.07, 6.45) is 3.35. The first-order valence-electron chi connectivity index (χ1n) is 6.39. The molecule has 0 amide bonds. The van der Waals surface area contributed by atoms with Crippen LogP contribution in [-0.4, -0.2) is 18.3 Å². The molecule has 1 aromatic rings. The van der Waals surface area contributed by atoms with Gasteiger partial charge >= 0.3 is 0 Å². The molecule has 18 heavy (non-hydrogen) atoms. The molecule has 0 spiro atoms. The Morgan fingerprint density at radius 2 is 2.06 bits per heavy atom. The Balaban J connectivity index is 2.12. The molecule has 1 aliphatic carbocycles. The third kappa shape index (κ3) is 3.23. The van der Waals surface area contributed by atoms with Crippen LogP contribution in [0.25, 0.3) is 0 Å².